The van der Waals surface area contributed by atoms with Gasteiger partial charge in [-0.05, 0) is 42.3 Å². The van der Waals surface area contributed by atoms with E-state index in [0.717, 1.165) is 10.0 Å². The fraction of sp³-hybridized carbons (Fsp3) is 0.176. The molecule has 0 heterocycles. The average molecular weight is 379 g/mol. The molecule has 4 nitrogen and oxygen atoms in total. The molecule has 2 amide bonds. The second-order valence-corrected chi connectivity index (χ2v) is 5.91. The summed E-state index contributed by atoms with van der Waals surface area (Å²) in [6.07, 6.45) is -0.0999. The van der Waals surface area contributed by atoms with Gasteiger partial charge in [0.2, 0.25) is 11.8 Å². The van der Waals surface area contributed by atoms with Crippen LogP contribution in [-0.2, 0) is 16.0 Å². The van der Waals surface area contributed by atoms with Crippen molar-refractivity contribution < 1.29 is 14.0 Å². The minimum atomic E-state index is -0.433. The molecule has 120 valence electrons. The van der Waals surface area contributed by atoms with E-state index in [4.69, 9.17) is 0 Å². The fourth-order valence-corrected chi connectivity index (χ4v) is 2.23. The van der Waals surface area contributed by atoms with Crippen LogP contribution >= 0.6 is 15.9 Å². The molecule has 0 bridgehead atoms. The molecule has 0 saturated carbocycles. The Hall–Kier alpha value is -2.21. The van der Waals surface area contributed by atoms with Gasteiger partial charge in [-0.15, -0.1) is 0 Å². The largest absolute Gasteiger partial charge is 0.347 e. The zero-order valence-corrected chi connectivity index (χ0v) is 14.1. The molecule has 6 heteroatoms. The third-order valence-electron chi connectivity index (χ3n) is 3.20. The normalized spacial score (nSPS) is 10.2. The molecule has 0 fully saturated rings. The molecule has 2 aromatic carbocycles. The average Bonchev–Trinajstić information content (AvgIpc) is 2.51. The van der Waals surface area contributed by atoms with Crippen LogP contribution in [0.1, 0.15) is 11.1 Å². The zero-order valence-electron chi connectivity index (χ0n) is 12.5. The van der Waals surface area contributed by atoms with Crippen LogP contribution in [0.2, 0.25) is 0 Å². The van der Waals surface area contributed by atoms with E-state index in [1.807, 2.05) is 19.1 Å². The van der Waals surface area contributed by atoms with Gasteiger partial charge in [-0.25, -0.2) is 4.39 Å². The summed E-state index contributed by atoms with van der Waals surface area (Å²) < 4.78 is 14.4. The van der Waals surface area contributed by atoms with Crippen molar-refractivity contribution in [2.24, 2.45) is 0 Å². The van der Waals surface area contributed by atoms with Crippen molar-refractivity contribution in [3.63, 3.8) is 0 Å². The first kappa shape index (κ1) is 17.1. The van der Waals surface area contributed by atoms with Gasteiger partial charge in [0.15, 0.2) is 0 Å². The van der Waals surface area contributed by atoms with Gasteiger partial charge in [0, 0.05) is 10.2 Å². The Morgan fingerprint density at radius 2 is 1.87 bits per heavy atom. The van der Waals surface area contributed by atoms with Crippen molar-refractivity contribution in [3.8, 4) is 0 Å². The van der Waals surface area contributed by atoms with E-state index in [1.165, 1.54) is 6.07 Å². The van der Waals surface area contributed by atoms with Gasteiger partial charge >= 0.3 is 0 Å². The van der Waals surface area contributed by atoms with E-state index in [9.17, 15) is 14.0 Å². The number of halogens is 2. The number of carbonyl (C=O) groups excluding carboxylic acids is 2. The predicted molar refractivity (Wildman–Crippen MR) is 90.6 cm³/mol. The Morgan fingerprint density at radius 1 is 1.13 bits per heavy atom. The Labute approximate surface area is 142 Å². The van der Waals surface area contributed by atoms with Crippen molar-refractivity contribution in [3.05, 3.63) is 63.9 Å². The van der Waals surface area contributed by atoms with E-state index in [2.05, 4.69) is 26.6 Å². The third-order valence-corrected chi connectivity index (χ3v) is 4.09. The SMILES string of the molecule is Cc1cc(NC(=O)CNC(=O)Cc2ccccc2F)ccc1Br. The zero-order chi connectivity index (χ0) is 16.8. The number of rotatable bonds is 5. The third kappa shape index (κ3) is 5.17. The summed E-state index contributed by atoms with van der Waals surface area (Å²) >= 11 is 3.38. The van der Waals surface area contributed by atoms with Crippen LogP contribution in [0.15, 0.2) is 46.9 Å². The highest BCUT2D eigenvalue weighted by atomic mass is 79.9. The lowest BCUT2D eigenvalue weighted by Crippen LogP contribution is -2.33. The standard InChI is InChI=1S/C17H16BrFN2O2/c1-11-8-13(6-7-14(11)18)21-17(23)10-20-16(22)9-12-4-2-3-5-15(12)19/h2-8H,9-10H2,1H3,(H,20,22)(H,21,23). The number of benzene rings is 2. The Bertz CT molecular complexity index is 734. The first-order valence-electron chi connectivity index (χ1n) is 7.02. The van der Waals surface area contributed by atoms with Gasteiger partial charge in [-0.1, -0.05) is 34.1 Å². The number of anilines is 1. The maximum atomic E-state index is 13.4. The summed E-state index contributed by atoms with van der Waals surface area (Å²) in [5.74, 6) is -1.18. The molecule has 2 N–H and O–H groups in total. The molecule has 23 heavy (non-hydrogen) atoms. The van der Waals surface area contributed by atoms with Gasteiger partial charge in [-0.3, -0.25) is 9.59 Å². The molecular formula is C17H16BrFN2O2. The summed E-state index contributed by atoms with van der Waals surface area (Å²) in [6, 6.07) is 11.5. The Balaban J connectivity index is 1.83. The Kier molecular flexibility index (Phi) is 5.87. The maximum Gasteiger partial charge on any atom is 0.243 e. The minimum Gasteiger partial charge on any atom is -0.347 e. The van der Waals surface area contributed by atoms with Crippen LogP contribution in [-0.4, -0.2) is 18.4 Å². The first-order valence-corrected chi connectivity index (χ1v) is 7.81. The summed E-state index contributed by atoms with van der Waals surface area (Å²) in [6.45, 7) is 1.75. The number of aryl methyl sites for hydroxylation is 1. The number of carbonyl (C=O) groups is 2. The van der Waals surface area contributed by atoms with Crippen LogP contribution in [0.25, 0.3) is 0 Å². The molecule has 0 aliphatic heterocycles. The molecule has 0 aromatic heterocycles. The van der Waals surface area contributed by atoms with Gasteiger partial charge < -0.3 is 10.6 Å². The number of nitrogens with one attached hydrogen (secondary N) is 2. The van der Waals surface area contributed by atoms with E-state index in [1.54, 1.807) is 24.3 Å². The smallest absolute Gasteiger partial charge is 0.243 e. The molecule has 0 aliphatic rings. The number of amides is 2. The summed E-state index contributed by atoms with van der Waals surface area (Å²) in [5, 5.41) is 5.17. The van der Waals surface area contributed by atoms with Crippen LogP contribution in [0.5, 0.6) is 0 Å². The highest BCUT2D eigenvalue weighted by molar-refractivity contribution is 9.10. The molecule has 2 rings (SSSR count). The maximum absolute atomic E-state index is 13.4. The molecule has 0 aliphatic carbocycles. The van der Waals surface area contributed by atoms with Crippen LogP contribution in [0, 0.1) is 12.7 Å². The van der Waals surface area contributed by atoms with Crippen LogP contribution in [0.3, 0.4) is 0 Å². The quantitative estimate of drug-likeness (QED) is 0.839. The summed E-state index contributed by atoms with van der Waals surface area (Å²) in [4.78, 5) is 23.6. The number of hydrogen-bond donors (Lipinski definition) is 2. The molecular weight excluding hydrogens is 363 g/mol. The van der Waals surface area contributed by atoms with Gasteiger partial charge in [-0.2, -0.15) is 0 Å². The van der Waals surface area contributed by atoms with E-state index in [0.29, 0.717) is 11.3 Å². The van der Waals surface area contributed by atoms with Gasteiger partial charge in [0.25, 0.3) is 0 Å². The molecule has 0 spiro atoms. The fourth-order valence-electron chi connectivity index (χ4n) is 1.98. The van der Waals surface area contributed by atoms with E-state index >= 15 is 0 Å². The lowest BCUT2D eigenvalue weighted by molar-refractivity contribution is -0.123. The van der Waals surface area contributed by atoms with Crippen molar-refractivity contribution in [1.82, 2.24) is 5.32 Å². The number of hydrogen-bond acceptors (Lipinski definition) is 2. The van der Waals surface area contributed by atoms with E-state index < -0.39 is 11.7 Å². The van der Waals surface area contributed by atoms with Crippen molar-refractivity contribution in [2.75, 3.05) is 11.9 Å². The second kappa shape index (κ2) is 7.87. The van der Waals surface area contributed by atoms with Crippen LogP contribution in [0.4, 0.5) is 10.1 Å². The minimum absolute atomic E-state index is 0.0999. The lowest BCUT2D eigenvalue weighted by atomic mass is 10.1. The first-order chi connectivity index (χ1) is 11.0. The predicted octanol–water partition coefficient (Wildman–Crippen LogP) is 3.19. The summed E-state index contributed by atoms with van der Waals surface area (Å²) in [7, 11) is 0. The summed E-state index contributed by atoms with van der Waals surface area (Å²) in [5.41, 5.74) is 1.94. The topological polar surface area (TPSA) is 58.2 Å². The van der Waals surface area contributed by atoms with Crippen LogP contribution < -0.4 is 10.6 Å². The van der Waals surface area contributed by atoms with Crippen molar-refractivity contribution >= 4 is 33.4 Å². The van der Waals surface area contributed by atoms with Gasteiger partial charge in [0.05, 0.1) is 13.0 Å². The molecule has 0 saturated heterocycles. The molecule has 2 aromatic rings. The van der Waals surface area contributed by atoms with Gasteiger partial charge in [0.1, 0.15) is 5.82 Å². The monoisotopic (exact) mass is 378 g/mol. The highest BCUT2D eigenvalue weighted by Gasteiger charge is 2.09. The van der Waals surface area contributed by atoms with Crippen molar-refractivity contribution in [1.29, 1.82) is 0 Å². The highest BCUT2D eigenvalue weighted by Crippen LogP contribution is 2.19. The lowest BCUT2D eigenvalue weighted by Gasteiger charge is -2.08. The molecule has 0 radical (unpaired) electrons. The Morgan fingerprint density at radius 3 is 2.57 bits per heavy atom. The molecule has 0 unspecified atom stereocenters. The van der Waals surface area contributed by atoms with E-state index in [-0.39, 0.29) is 18.9 Å². The molecule has 0 atom stereocenters. The van der Waals surface area contributed by atoms with Crippen molar-refractivity contribution in [2.45, 2.75) is 13.3 Å². The second-order valence-electron chi connectivity index (χ2n) is 5.06.